The van der Waals surface area contributed by atoms with Gasteiger partial charge in [0.05, 0.1) is 7.11 Å². The van der Waals surface area contributed by atoms with Crippen molar-refractivity contribution in [1.29, 1.82) is 0 Å². The largest absolute Gasteiger partial charge is 0.497 e. The maximum atomic E-state index is 13.0. The fourth-order valence-electron chi connectivity index (χ4n) is 5.17. The van der Waals surface area contributed by atoms with Gasteiger partial charge >= 0.3 is 0 Å². The third-order valence-electron chi connectivity index (χ3n) is 7.43. The van der Waals surface area contributed by atoms with Crippen LogP contribution in [0.5, 0.6) is 5.75 Å². The van der Waals surface area contributed by atoms with Gasteiger partial charge in [0.1, 0.15) is 5.75 Å². The van der Waals surface area contributed by atoms with Crippen LogP contribution in [-0.2, 0) is 9.59 Å². The number of piperazine rings is 1. The van der Waals surface area contributed by atoms with Gasteiger partial charge in [0.15, 0.2) is 0 Å². The molecule has 1 heterocycles. The van der Waals surface area contributed by atoms with E-state index in [1.165, 1.54) is 5.57 Å². The van der Waals surface area contributed by atoms with Crippen molar-refractivity contribution >= 4 is 17.7 Å². The second-order valence-corrected chi connectivity index (χ2v) is 9.94. The van der Waals surface area contributed by atoms with Crippen molar-refractivity contribution in [3.8, 4) is 5.75 Å². The molecule has 1 fully saturated rings. The normalized spacial score (nSPS) is 22.9. The summed E-state index contributed by atoms with van der Waals surface area (Å²) >= 11 is 0. The molecule has 0 spiro atoms. The number of nitrogens with one attached hydrogen (secondary N) is 1. The van der Waals surface area contributed by atoms with E-state index >= 15 is 0 Å². The van der Waals surface area contributed by atoms with Crippen molar-refractivity contribution in [2.45, 2.75) is 40.5 Å². The fourth-order valence-corrected chi connectivity index (χ4v) is 5.17. The average Bonchev–Trinajstić information content (AvgIpc) is 2.83. The number of carbonyl (C=O) groups is 3. The lowest BCUT2D eigenvalue weighted by molar-refractivity contribution is -0.139. The molecule has 34 heavy (non-hydrogen) atoms. The second-order valence-electron chi connectivity index (χ2n) is 9.94. The molecule has 1 aliphatic heterocycles. The molecule has 3 rings (SSSR count). The Morgan fingerprint density at radius 3 is 2.24 bits per heavy atom. The summed E-state index contributed by atoms with van der Waals surface area (Å²) in [6, 6.07) is 7.12. The van der Waals surface area contributed by atoms with Gasteiger partial charge in [-0.3, -0.25) is 14.4 Å². The fraction of sp³-hybridized carbons (Fsp3) is 0.593. The Morgan fingerprint density at radius 2 is 1.68 bits per heavy atom. The number of nitrogens with zero attached hydrogens (tertiary/aromatic N) is 2. The number of hydrogen-bond donors (Lipinski definition) is 1. The number of hydrogen-bond acceptors (Lipinski definition) is 4. The minimum absolute atomic E-state index is 0.0723. The molecule has 7 heteroatoms. The number of benzene rings is 1. The predicted octanol–water partition coefficient (Wildman–Crippen LogP) is 3.36. The van der Waals surface area contributed by atoms with Gasteiger partial charge in [-0.05, 0) is 61.3 Å². The van der Waals surface area contributed by atoms with Crippen LogP contribution in [0, 0.1) is 23.7 Å². The molecule has 1 aliphatic carbocycles. The molecule has 1 aromatic rings. The minimum Gasteiger partial charge on any atom is -0.497 e. The van der Waals surface area contributed by atoms with E-state index in [9.17, 15) is 14.4 Å². The van der Waals surface area contributed by atoms with Crippen LogP contribution in [0.1, 0.15) is 50.9 Å². The van der Waals surface area contributed by atoms with Gasteiger partial charge in [-0.25, -0.2) is 0 Å². The van der Waals surface area contributed by atoms with E-state index < -0.39 is 0 Å². The summed E-state index contributed by atoms with van der Waals surface area (Å²) < 4.78 is 5.16. The molecule has 1 saturated heterocycles. The first-order valence-electron chi connectivity index (χ1n) is 12.3. The molecule has 2 aliphatic rings. The Bertz CT molecular complexity index is 901. The molecule has 3 amide bonds. The first-order valence-corrected chi connectivity index (χ1v) is 12.3. The van der Waals surface area contributed by atoms with Gasteiger partial charge in [-0.2, -0.15) is 0 Å². The Labute approximate surface area is 203 Å². The van der Waals surface area contributed by atoms with Gasteiger partial charge in [0.25, 0.3) is 5.91 Å². The van der Waals surface area contributed by atoms with Gasteiger partial charge in [-0.15, -0.1) is 0 Å². The molecule has 186 valence electrons. The van der Waals surface area contributed by atoms with E-state index in [2.05, 4.69) is 32.2 Å². The summed E-state index contributed by atoms with van der Waals surface area (Å²) in [7, 11) is 1.61. The van der Waals surface area contributed by atoms with Crippen LogP contribution in [0.3, 0.4) is 0 Å². The molecule has 7 nitrogen and oxygen atoms in total. The van der Waals surface area contributed by atoms with Crippen molar-refractivity contribution in [2.24, 2.45) is 23.7 Å². The molecule has 0 saturated carbocycles. The number of amides is 3. The molecule has 0 bridgehead atoms. The molecule has 0 radical (unpaired) electrons. The zero-order valence-corrected chi connectivity index (χ0v) is 21.2. The van der Waals surface area contributed by atoms with Crippen LogP contribution in [0.4, 0.5) is 0 Å². The molecular formula is C27H39N3O4. The summed E-state index contributed by atoms with van der Waals surface area (Å²) in [4.78, 5) is 40.9. The van der Waals surface area contributed by atoms with E-state index in [1.807, 2.05) is 4.90 Å². The van der Waals surface area contributed by atoms with Crippen LogP contribution in [0.2, 0.25) is 0 Å². The molecule has 1 aromatic carbocycles. The van der Waals surface area contributed by atoms with E-state index in [0.29, 0.717) is 56.5 Å². The molecule has 0 unspecified atom stereocenters. The van der Waals surface area contributed by atoms with E-state index in [4.69, 9.17) is 4.74 Å². The monoisotopic (exact) mass is 469 g/mol. The van der Waals surface area contributed by atoms with Crippen LogP contribution >= 0.6 is 0 Å². The summed E-state index contributed by atoms with van der Waals surface area (Å²) in [6.07, 6.45) is 3.73. The highest BCUT2D eigenvalue weighted by atomic mass is 16.5. The number of rotatable bonds is 7. The van der Waals surface area contributed by atoms with E-state index in [-0.39, 0.29) is 29.6 Å². The molecular weight excluding hydrogens is 430 g/mol. The van der Waals surface area contributed by atoms with Crippen molar-refractivity contribution < 1.29 is 19.1 Å². The molecule has 1 N–H and O–H groups in total. The highest BCUT2D eigenvalue weighted by Crippen LogP contribution is 2.39. The first kappa shape index (κ1) is 25.8. The molecule has 0 aromatic heterocycles. The lowest BCUT2D eigenvalue weighted by atomic mass is 9.69. The molecule has 3 atom stereocenters. The van der Waals surface area contributed by atoms with E-state index in [1.54, 1.807) is 43.2 Å². The lowest BCUT2D eigenvalue weighted by Crippen LogP contribution is -2.50. The highest BCUT2D eigenvalue weighted by molar-refractivity contribution is 5.94. The number of methoxy groups -OCH3 is 1. The Morgan fingerprint density at radius 1 is 1.06 bits per heavy atom. The zero-order valence-electron chi connectivity index (χ0n) is 21.2. The van der Waals surface area contributed by atoms with Crippen molar-refractivity contribution in [3.63, 3.8) is 0 Å². The van der Waals surface area contributed by atoms with Gasteiger partial charge < -0.3 is 19.9 Å². The summed E-state index contributed by atoms with van der Waals surface area (Å²) in [6.45, 7) is 11.2. The average molecular weight is 470 g/mol. The second kappa shape index (κ2) is 11.5. The maximum Gasteiger partial charge on any atom is 0.251 e. The lowest BCUT2D eigenvalue weighted by Gasteiger charge is -2.39. The predicted molar refractivity (Wildman–Crippen MR) is 132 cm³/mol. The number of ether oxygens (including phenoxy) is 1. The van der Waals surface area contributed by atoms with Gasteiger partial charge in [0.2, 0.25) is 11.8 Å². The minimum atomic E-state index is -0.0850. The van der Waals surface area contributed by atoms with Crippen molar-refractivity contribution in [3.05, 3.63) is 41.5 Å². The Kier molecular flexibility index (Phi) is 8.75. The third-order valence-corrected chi connectivity index (χ3v) is 7.43. The van der Waals surface area contributed by atoms with Crippen LogP contribution in [0.15, 0.2) is 35.9 Å². The van der Waals surface area contributed by atoms with Gasteiger partial charge in [-0.1, -0.05) is 25.5 Å². The van der Waals surface area contributed by atoms with Crippen LogP contribution in [0.25, 0.3) is 0 Å². The van der Waals surface area contributed by atoms with Crippen LogP contribution in [-0.4, -0.2) is 67.4 Å². The van der Waals surface area contributed by atoms with Gasteiger partial charge in [0, 0.05) is 51.6 Å². The smallest absolute Gasteiger partial charge is 0.251 e. The van der Waals surface area contributed by atoms with Crippen molar-refractivity contribution in [2.75, 3.05) is 39.8 Å². The Hall–Kier alpha value is -2.83. The maximum absolute atomic E-state index is 13.0. The summed E-state index contributed by atoms with van der Waals surface area (Å²) in [5.41, 5.74) is 1.85. The summed E-state index contributed by atoms with van der Waals surface area (Å²) in [5.74, 6) is 2.20. The van der Waals surface area contributed by atoms with Crippen LogP contribution < -0.4 is 10.1 Å². The third kappa shape index (κ3) is 6.39. The van der Waals surface area contributed by atoms with E-state index in [0.717, 1.165) is 12.2 Å². The topological polar surface area (TPSA) is 79.0 Å². The highest BCUT2D eigenvalue weighted by Gasteiger charge is 2.34. The first-order chi connectivity index (χ1) is 16.2. The SMILES string of the molecule is COc1ccc(C(=O)NC[C@@H]2C=C(C)[C@H](CC(=O)N3CCN(C(C)=O)CC3)C[C@H]2C(C)C)cc1. The Balaban J connectivity index is 1.59. The number of carbonyl (C=O) groups excluding carboxylic acids is 3. The zero-order chi connectivity index (χ0) is 24.8. The summed E-state index contributed by atoms with van der Waals surface area (Å²) in [5, 5.41) is 3.10. The standard InChI is InChI=1S/C27H39N3O4/c1-18(2)25-15-22(16-26(32)30-12-10-29(11-13-30)20(4)31)19(3)14-23(25)17-28-27(33)21-6-8-24(34-5)9-7-21/h6-9,14,18,22-23,25H,10-13,15-17H2,1-5H3,(H,28,33)/t22-,23-,25-/m0/s1. The quantitative estimate of drug-likeness (QED) is 0.621. The number of allylic oxidation sites excluding steroid dienone is 1. The van der Waals surface area contributed by atoms with Crippen molar-refractivity contribution in [1.82, 2.24) is 15.1 Å².